The quantitative estimate of drug-likeness (QED) is 0.775. The summed E-state index contributed by atoms with van der Waals surface area (Å²) in [5.74, 6) is 0. The Morgan fingerprint density at radius 3 is 2.65 bits per heavy atom. The number of unbranched alkanes of at least 4 members (excludes halogenated alkanes) is 1. The highest BCUT2D eigenvalue weighted by molar-refractivity contribution is 5.29. The summed E-state index contributed by atoms with van der Waals surface area (Å²) in [5.41, 5.74) is 4.15. The van der Waals surface area contributed by atoms with E-state index in [1.807, 2.05) is 0 Å². The summed E-state index contributed by atoms with van der Waals surface area (Å²) < 4.78 is 5.36. The molecule has 0 aliphatic carbocycles. The Hall–Kier alpha value is -0.900. The monoisotopic (exact) mass is 276 g/mol. The number of nitrogens with one attached hydrogen (secondary N) is 1. The van der Waals surface area contributed by atoms with Gasteiger partial charge in [-0.1, -0.05) is 18.2 Å². The van der Waals surface area contributed by atoms with Crippen LogP contribution in [-0.2, 0) is 11.3 Å². The maximum absolute atomic E-state index is 5.36. The number of nitrogens with zero attached hydrogens (tertiary/aromatic N) is 1. The molecule has 1 aliphatic heterocycles. The van der Waals surface area contributed by atoms with Crippen LogP contribution in [0.3, 0.4) is 0 Å². The van der Waals surface area contributed by atoms with E-state index >= 15 is 0 Å². The van der Waals surface area contributed by atoms with Gasteiger partial charge in [0.05, 0.1) is 13.2 Å². The molecule has 2 rings (SSSR count). The molecule has 0 atom stereocenters. The topological polar surface area (TPSA) is 24.5 Å². The van der Waals surface area contributed by atoms with Crippen molar-refractivity contribution < 1.29 is 4.74 Å². The van der Waals surface area contributed by atoms with Crippen molar-refractivity contribution in [3.05, 3.63) is 34.9 Å². The number of hydrogen-bond acceptors (Lipinski definition) is 3. The molecule has 0 unspecified atom stereocenters. The summed E-state index contributed by atoms with van der Waals surface area (Å²) in [5, 5.41) is 3.54. The SMILES string of the molecule is Cc1ccc(CNCCCCN2CCOCC2)cc1C. The predicted octanol–water partition coefficient (Wildman–Crippen LogP) is 2.51. The molecule has 1 fully saturated rings. The van der Waals surface area contributed by atoms with E-state index in [-0.39, 0.29) is 0 Å². The largest absolute Gasteiger partial charge is 0.379 e. The van der Waals surface area contributed by atoms with Crippen LogP contribution in [0.2, 0.25) is 0 Å². The Morgan fingerprint density at radius 2 is 1.90 bits per heavy atom. The Morgan fingerprint density at radius 1 is 1.10 bits per heavy atom. The van der Waals surface area contributed by atoms with Gasteiger partial charge in [-0.2, -0.15) is 0 Å². The molecule has 1 aromatic carbocycles. The molecular formula is C17H28N2O. The lowest BCUT2D eigenvalue weighted by molar-refractivity contribution is 0.0372. The molecule has 0 saturated carbocycles. The smallest absolute Gasteiger partial charge is 0.0594 e. The molecule has 0 aromatic heterocycles. The second kappa shape index (κ2) is 8.40. The fourth-order valence-electron chi connectivity index (χ4n) is 2.56. The molecule has 0 bridgehead atoms. The number of hydrogen-bond donors (Lipinski definition) is 1. The van der Waals surface area contributed by atoms with Crippen LogP contribution in [-0.4, -0.2) is 44.3 Å². The first-order valence-electron chi connectivity index (χ1n) is 7.82. The Balaban J connectivity index is 1.53. The van der Waals surface area contributed by atoms with E-state index < -0.39 is 0 Å². The van der Waals surface area contributed by atoms with Gasteiger partial charge in [0.25, 0.3) is 0 Å². The van der Waals surface area contributed by atoms with Gasteiger partial charge in [-0.3, -0.25) is 4.90 Å². The van der Waals surface area contributed by atoms with Crippen LogP contribution in [0.1, 0.15) is 29.5 Å². The number of benzene rings is 1. The predicted molar refractivity (Wildman–Crippen MR) is 84.1 cm³/mol. The van der Waals surface area contributed by atoms with Gasteiger partial charge in [0.15, 0.2) is 0 Å². The first kappa shape index (κ1) is 15.5. The van der Waals surface area contributed by atoms with Crippen molar-refractivity contribution in [2.75, 3.05) is 39.4 Å². The molecule has 3 heteroatoms. The normalized spacial score (nSPS) is 16.5. The van der Waals surface area contributed by atoms with E-state index in [0.717, 1.165) is 39.4 Å². The van der Waals surface area contributed by atoms with Crippen LogP contribution < -0.4 is 5.32 Å². The highest BCUT2D eigenvalue weighted by Crippen LogP contribution is 2.09. The third-order valence-corrected chi connectivity index (χ3v) is 4.08. The van der Waals surface area contributed by atoms with Gasteiger partial charge in [-0.15, -0.1) is 0 Å². The maximum Gasteiger partial charge on any atom is 0.0594 e. The molecule has 1 saturated heterocycles. The summed E-state index contributed by atoms with van der Waals surface area (Å²) in [6, 6.07) is 6.73. The molecule has 0 spiro atoms. The van der Waals surface area contributed by atoms with Crippen LogP contribution in [0, 0.1) is 13.8 Å². The highest BCUT2D eigenvalue weighted by atomic mass is 16.5. The molecule has 112 valence electrons. The van der Waals surface area contributed by atoms with Crippen LogP contribution in [0.25, 0.3) is 0 Å². The van der Waals surface area contributed by atoms with E-state index in [4.69, 9.17) is 4.74 Å². The zero-order valence-corrected chi connectivity index (χ0v) is 13.0. The lowest BCUT2D eigenvalue weighted by Gasteiger charge is -2.26. The van der Waals surface area contributed by atoms with E-state index in [1.165, 1.54) is 36.1 Å². The van der Waals surface area contributed by atoms with Gasteiger partial charge < -0.3 is 10.1 Å². The van der Waals surface area contributed by atoms with Gasteiger partial charge in [-0.25, -0.2) is 0 Å². The molecule has 1 aliphatic rings. The summed E-state index contributed by atoms with van der Waals surface area (Å²) >= 11 is 0. The van der Waals surface area contributed by atoms with Gasteiger partial charge >= 0.3 is 0 Å². The van der Waals surface area contributed by atoms with Gasteiger partial charge in [0.2, 0.25) is 0 Å². The van der Waals surface area contributed by atoms with Crippen LogP contribution in [0.4, 0.5) is 0 Å². The van der Waals surface area contributed by atoms with E-state index in [1.54, 1.807) is 0 Å². The molecule has 3 nitrogen and oxygen atoms in total. The minimum Gasteiger partial charge on any atom is -0.379 e. The minimum absolute atomic E-state index is 0.908. The number of rotatable bonds is 7. The Kier molecular flexibility index (Phi) is 6.51. The van der Waals surface area contributed by atoms with Crippen LogP contribution >= 0.6 is 0 Å². The van der Waals surface area contributed by atoms with Crippen molar-refractivity contribution in [2.24, 2.45) is 0 Å². The van der Waals surface area contributed by atoms with Crippen molar-refractivity contribution in [3.8, 4) is 0 Å². The second-order valence-corrected chi connectivity index (χ2v) is 5.76. The van der Waals surface area contributed by atoms with Crippen molar-refractivity contribution in [1.82, 2.24) is 10.2 Å². The van der Waals surface area contributed by atoms with Crippen molar-refractivity contribution in [3.63, 3.8) is 0 Å². The number of ether oxygens (including phenoxy) is 1. The average Bonchev–Trinajstić information content (AvgIpc) is 2.47. The molecule has 1 N–H and O–H groups in total. The zero-order valence-electron chi connectivity index (χ0n) is 13.0. The Labute approximate surface area is 123 Å². The Bertz CT molecular complexity index is 400. The lowest BCUT2D eigenvalue weighted by atomic mass is 10.1. The van der Waals surface area contributed by atoms with E-state index in [9.17, 15) is 0 Å². The van der Waals surface area contributed by atoms with Crippen molar-refractivity contribution in [2.45, 2.75) is 33.2 Å². The van der Waals surface area contributed by atoms with Crippen LogP contribution in [0.5, 0.6) is 0 Å². The summed E-state index contributed by atoms with van der Waals surface area (Å²) in [7, 11) is 0. The average molecular weight is 276 g/mol. The van der Waals surface area contributed by atoms with Gasteiger partial charge in [-0.05, 0) is 56.5 Å². The molecule has 1 heterocycles. The van der Waals surface area contributed by atoms with Gasteiger partial charge in [0, 0.05) is 19.6 Å². The molecule has 20 heavy (non-hydrogen) atoms. The first-order chi connectivity index (χ1) is 9.75. The summed E-state index contributed by atoms with van der Waals surface area (Å²) in [4.78, 5) is 2.51. The number of morpholine rings is 1. The molecule has 0 radical (unpaired) electrons. The standard InChI is InChI=1S/C17H28N2O/c1-15-5-6-17(13-16(15)2)14-18-7-3-4-8-19-9-11-20-12-10-19/h5-6,13,18H,3-4,7-12,14H2,1-2H3. The number of aryl methyl sites for hydroxylation is 2. The van der Waals surface area contributed by atoms with E-state index in [2.05, 4.69) is 42.3 Å². The van der Waals surface area contributed by atoms with Crippen LogP contribution in [0.15, 0.2) is 18.2 Å². The molecular weight excluding hydrogens is 248 g/mol. The fraction of sp³-hybridized carbons (Fsp3) is 0.647. The highest BCUT2D eigenvalue weighted by Gasteiger charge is 2.08. The third kappa shape index (κ3) is 5.23. The maximum atomic E-state index is 5.36. The molecule has 0 amide bonds. The minimum atomic E-state index is 0.908. The summed E-state index contributed by atoms with van der Waals surface area (Å²) in [6.45, 7) is 11.7. The van der Waals surface area contributed by atoms with Crippen molar-refractivity contribution >= 4 is 0 Å². The van der Waals surface area contributed by atoms with Gasteiger partial charge in [0.1, 0.15) is 0 Å². The first-order valence-corrected chi connectivity index (χ1v) is 7.82. The summed E-state index contributed by atoms with van der Waals surface area (Å²) in [6.07, 6.45) is 2.53. The van der Waals surface area contributed by atoms with E-state index in [0.29, 0.717) is 0 Å². The lowest BCUT2D eigenvalue weighted by Crippen LogP contribution is -2.37. The zero-order chi connectivity index (χ0) is 14.2. The fourth-order valence-corrected chi connectivity index (χ4v) is 2.56. The third-order valence-electron chi connectivity index (χ3n) is 4.08. The molecule has 1 aromatic rings. The second-order valence-electron chi connectivity index (χ2n) is 5.76. The van der Waals surface area contributed by atoms with Crippen molar-refractivity contribution in [1.29, 1.82) is 0 Å².